The fourth-order valence-corrected chi connectivity index (χ4v) is 1.27. The maximum absolute atomic E-state index is 9.83. The van der Waals surface area contributed by atoms with Gasteiger partial charge in [0.05, 0.1) is 0 Å². The highest BCUT2D eigenvalue weighted by atomic mass is 27.3. The highest BCUT2D eigenvalue weighted by molar-refractivity contribution is 6.35. The van der Waals surface area contributed by atoms with Crippen LogP contribution in [0.15, 0.2) is 0 Å². The Labute approximate surface area is 160 Å². The van der Waals surface area contributed by atoms with Gasteiger partial charge in [0, 0.05) is 0 Å². The molecule has 30 heavy (non-hydrogen) atoms. The molecule has 0 aromatic rings. The lowest BCUT2D eigenvalue weighted by Gasteiger charge is -2.22. The number of hydrogen-bond donors (Lipinski definition) is 0. The van der Waals surface area contributed by atoms with Crippen LogP contribution in [0.3, 0.4) is 0 Å². The van der Waals surface area contributed by atoms with Gasteiger partial charge in [-0.3, -0.25) is 0 Å². The summed E-state index contributed by atoms with van der Waals surface area (Å²) in [7, 11) is 0. The molecule has 0 rings (SSSR count). The number of rotatable bonds is 14. The molecule has 0 fully saturated rings. The molecule has 0 bridgehead atoms. The predicted molar refractivity (Wildman–Crippen MR) is 65.0 cm³/mol. The van der Waals surface area contributed by atoms with Crippen LogP contribution in [-0.2, 0) is 31.0 Å². The van der Waals surface area contributed by atoms with E-state index in [-0.39, 0.29) is 0 Å². The Balaban J connectivity index is 0. The van der Waals surface area contributed by atoms with Gasteiger partial charge in [0.15, 0.2) is 0 Å². The molecule has 0 atom stereocenters. The zero-order valence-electron chi connectivity index (χ0n) is 12.8. The Morgan fingerprint density at radius 1 is 0.433 bits per heavy atom. The maximum Gasteiger partial charge on any atom is 0.963 e. The molecule has 0 saturated heterocycles. The van der Waals surface area contributed by atoms with Gasteiger partial charge in [-0.15, -0.1) is 70.8 Å². The minimum atomic E-state index is -4.21. The van der Waals surface area contributed by atoms with Crippen molar-refractivity contribution in [3.05, 3.63) is 70.8 Å². The van der Waals surface area contributed by atoms with Gasteiger partial charge in [-0.2, -0.15) is 0 Å². The predicted octanol–water partition coefficient (Wildman–Crippen LogP) is -2.97. The van der Waals surface area contributed by atoms with Crippen LogP contribution in [0.25, 0.3) is 0 Å². The second kappa shape index (κ2) is 12.3. The Hall–Kier alpha value is -5.07. The van der Waals surface area contributed by atoms with Crippen molar-refractivity contribution in [2.75, 3.05) is 0 Å². The molecule has 0 radical (unpaired) electrons. The van der Waals surface area contributed by atoms with Crippen molar-refractivity contribution in [3.63, 3.8) is 0 Å². The van der Waals surface area contributed by atoms with E-state index in [0.717, 1.165) is 0 Å². The van der Waals surface area contributed by atoms with E-state index in [0.29, 0.717) is 0 Å². The van der Waals surface area contributed by atoms with Crippen LogP contribution in [0.2, 0.25) is 0 Å². The minimum Gasteiger partial charge on any atom is -0.371 e. The van der Waals surface area contributed by atoms with Crippen molar-refractivity contribution in [1.29, 1.82) is 0 Å². The van der Waals surface area contributed by atoms with Gasteiger partial charge < -0.3 is 11.7 Å². The summed E-state index contributed by atoms with van der Waals surface area (Å²) in [5.41, 5.74) is 0. The Morgan fingerprint density at radius 3 is 0.767 bits per heavy atom. The van der Waals surface area contributed by atoms with E-state index in [1.807, 2.05) is 0 Å². The summed E-state index contributed by atoms with van der Waals surface area (Å²) in [4.78, 5) is 80.5. The molecule has 168 valence electrons. The number of hydrogen-bond acceptors (Lipinski definition) is 21. The van der Waals surface area contributed by atoms with Gasteiger partial charge in [-0.25, -0.2) is 19.4 Å². The van der Waals surface area contributed by atoms with Crippen molar-refractivity contribution >= 4 is 15.1 Å². The monoisotopic (exact) mass is 473 g/mol. The average molecular weight is 473 g/mol. The van der Waals surface area contributed by atoms with Crippen molar-refractivity contribution in [1.82, 2.24) is 0 Å². The van der Waals surface area contributed by atoms with Crippen LogP contribution >= 0.6 is 0 Å². The largest absolute Gasteiger partial charge is 0.963 e. The van der Waals surface area contributed by atoms with Gasteiger partial charge in [0.1, 0.15) is 0 Å². The molecular weight excluding hydrogens is 473 g/mol. The number of nitrogens with zero attached hydrogens (tertiary/aromatic N) is 7. The van der Waals surface area contributed by atoms with Crippen LogP contribution in [0.1, 0.15) is 0 Å². The zero-order chi connectivity index (χ0) is 24.1. The van der Waals surface area contributed by atoms with Crippen LogP contribution in [-0.4, -0.2) is 56.9 Å². The van der Waals surface area contributed by atoms with E-state index < -0.39 is 56.9 Å². The molecule has 0 unspecified atom stereocenters. The van der Waals surface area contributed by atoms with E-state index in [2.05, 4.69) is 31.0 Å². The fourth-order valence-electron chi connectivity index (χ4n) is 0.734. The molecule has 0 N–H and O–H groups in total. The molecule has 0 aromatic heterocycles. The fraction of sp³-hybridized carbons (Fsp3) is 1.00. The summed E-state index contributed by atoms with van der Waals surface area (Å²) in [6.07, 6.45) is -4.21. The molecule has 29 heteroatoms. The first-order valence-corrected chi connectivity index (χ1v) is 6.77. The zero-order valence-corrected chi connectivity index (χ0v) is 13.9. The third-order valence-electron chi connectivity index (χ3n) is 1.26. The smallest absolute Gasteiger partial charge is 0.371 e. The third-order valence-corrected chi connectivity index (χ3v) is 2.29. The van der Waals surface area contributed by atoms with E-state index in [4.69, 9.17) is 0 Å². The first kappa shape index (κ1) is 27.2. The summed E-state index contributed by atoms with van der Waals surface area (Å²) in [6.45, 7) is 0. The maximum atomic E-state index is 9.83. The molecule has 0 aliphatic rings. The Kier molecular flexibility index (Phi) is 11.2. The molecule has 0 aliphatic heterocycles. The highest BCUT2D eigenvalue weighted by Gasteiger charge is 2.49. The Morgan fingerprint density at radius 2 is 0.633 bits per heavy atom. The van der Waals surface area contributed by atoms with Gasteiger partial charge in [-0.05, 0) is 0 Å². The van der Waals surface area contributed by atoms with Gasteiger partial charge in [0.2, 0.25) is 0 Å². The molecular formula is CAlN7O21. The summed E-state index contributed by atoms with van der Waals surface area (Å²) in [5, 5.41) is 56.0. The lowest BCUT2D eigenvalue weighted by Crippen LogP contribution is -2.48. The summed E-state index contributed by atoms with van der Waals surface area (Å²) in [5.74, 6) is 0. The van der Waals surface area contributed by atoms with Crippen molar-refractivity contribution in [3.8, 4) is 0 Å². The molecule has 0 aromatic carbocycles. The van der Waals surface area contributed by atoms with Gasteiger partial charge in [0.25, 0.3) is 15.3 Å². The third kappa shape index (κ3) is 15.2. The SMILES string of the molecule is O=[N+]([O-])OC(O[N+](=O)[O-])(O[N+](=O)[O-])O[N+](=O)[O-].O=[N+]([O-])[O][Al]([O][N+](=O)[O-])[O][N+](=O)[O-]. The minimum absolute atomic E-state index is 1.48. The first-order valence-electron chi connectivity index (χ1n) is 5.36. The van der Waals surface area contributed by atoms with E-state index in [1.165, 1.54) is 0 Å². The van der Waals surface area contributed by atoms with Crippen molar-refractivity contribution in [2.24, 2.45) is 0 Å². The topological polar surface area (TPSA) is 367 Å². The summed E-state index contributed by atoms with van der Waals surface area (Å²) >= 11 is -4.00. The molecule has 0 spiro atoms. The van der Waals surface area contributed by atoms with E-state index in [1.54, 1.807) is 0 Å². The van der Waals surface area contributed by atoms with Crippen LogP contribution in [0, 0.1) is 70.8 Å². The van der Waals surface area contributed by atoms with E-state index >= 15 is 0 Å². The summed E-state index contributed by atoms with van der Waals surface area (Å²) in [6, 6.07) is 0. The average Bonchev–Trinajstić information content (AvgIpc) is 2.41. The van der Waals surface area contributed by atoms with Crippen LogP contribution in [0.5, 0.6) is 0 Å². The normalized spacial score (nSPS) is 9.20. The lowest BCUT2D eigenvalue weighted by atomic mass is 11.1. The van der Waals surface area contributed by atoms with Crippen LogP contribution in [0.4, 0.5) is 0 Å². The molecule has 0 heterocycles. The standard InChI is InChI=1S/CN4O12.Al.3NO3/c6-2(7)14-1(15-3(8)9,16-4(10)11)17-5(12)13;;3*2-1(3)4/q;+3;3*-1. The molecule has 0 amide bonds. The van der Waals surface area contributed by atoms with Crippen LogP contribution < -0.4 is 0 Å². The lowest BCUT2D eigenvalue weighted by molar-refractivity contribution is -1.03. The van der Waals surface area contributed by atoms with Gasteiger partial charge in [-0.1, -0.05) is 0 Å². The Bertz CT molecular complexity index is 577. The quantitative estimate of drug-likeness (QED) is 0.105. The molecule has 28 nitrogen and oxygen atoms in total. The van der Waals surface area contributed by atoms with Crippen molar-refractivity contribution < 1.29 is 66.6 Å². The highest BCUT2D eigenvalue weighted by Crippen LogP contribution is 2.18. The second-order valence-electron chi connectivity index (χ2n) is 3.04. The molecule has 0 aliphatic carbocycles. The van der Waals surface area contributed by atoms with Gasteiger partial charge >= 0.3 is 41.7 Å². The first-order chi connectivity index (χ1) is 13.6. The van der Waals surface area contributed by atoms with E-state index in [9.17, 15) is 70.8 Å². The second-order valence-corrected chi connectivity index (χ2v) is 4.25. The molecule has 0 saturated carbocycles. The van der Waals surface area contributed by atoms with Crippen molar-refractivity contribution in [2.45, 2.75) is 6.16 Å². The summed E-state index contributed by atoms with van der Waals surface area (Å²) < 4.78 is 10.2.